The molecule has 2 unspecified atom stereocenters. The minimum atomic E-state index is -0.366. The van der Waals surface area contributed by atoms with Gasteiger partial charge < -0.3 is 4.74 Å². The molecular formula is C17H32N2O. The van der Waals surface area contributed by atoms with Gasteiger partial charge in [0.1, 0.15) is 5.54 Å². The van der Waals surface area contributed by atoms with Crippen molar-refractivity contribution in [1.29, 1.82) is 5.26 Å². The zero-order valence-electron chi connectivity index (χ0n) is 13.6. The van der Waals surface area contributed by atoms with E-state index < -0.39 is 0 Å². The fraction of sp³-hybridized carbons (Fsp3) is 0.941. The Morgan fingerprint density at radius 3 is 2.65 bits per heavy atom. The average molecular weight is 280 g/mol. The number of nitrogens with zero attached hydrogens (tertiary/aromatic N) is 1. The Morgan fingerprint density at radius 2 is 2.05 bits per heavy atom. The van der Waals surface area contributed by atoms with E-state index in [2.05, 4.69) is 25.2 Å². The molecule has 0 aliphatic heterocycles. The molecule has 0 aromatic heterocycles. The van der Waals surface area contributed by atoms with E-state index in [0.717, 1.165) is 25.9 Å². The second kappa shape index (κ2) is 9.37. The SMILES string of the molecule is CCCCCCC(C)OCCCC(C)(C#N)NC1CC1. The summed E-state index contributed by atoms with van der Waals surface area (Å²) in [5, 5.41) is 12.7. The molecule has 1 saturated carbocycles. The molecular weight excluding hydrogens is 248 g/mol. The molecule has 0 heterocycles. The van der Waals surface area contributed by atoms with Crippen molar-refractivity contribution in [3.63, 3.8) is 0 Å². The van der Waals surface area contributed by atoms with Gasteiger partial charge in [0.25, 0.3) is 0 Å². The highest BCUT2D eigenvalue weighted by Gasteiger charge is 2.31. The lowest BCUT2D eigenvalue weighted by molar-refractivity contribution is 0.0537. The standard InChI is InChI=1S/C17H32N2O/c1-4-5-6-7-9-15(2)20-13-8-12-17(3,14-18)19-16-10-11-16/h15-16,19H,4-13H2,1-3H3. The first kappa shape index (κ1) is 17.5. The Hall–Kier alpha value is -0.590. The number of hydrogen-bond donors (Lipinski definition) is 1. The maximum Gasteiger partial charge on any atom is 0.104 e. The van der Waals surface area contributed by atoms with Crippen molar-refractivity contribution in [2.24, 2.45) is 0 Å². The summed E-state index contributed by atoms with van der Waals surface area (Å²) in [4.78, 5) is 0. The summed E-state index contributed by atoms with van der Waals surface area (Å²) in [6.45, 7) is 7.19. The first-order valence-corrected chi connectivity index (χ1v) is 8.40. The van der Waals surface area contributed by atoms with Gasteiger partial charge in [-0.2, -0.15) is 5.26 Å². The lowest BCUT2D eigenvalue weighted by Crippen LogP contribution is -2.42. The average Bonchev–Trinajstić information content (AvgIpc) is 3.23. The van der Waals surface area contributed by atoms with Crippen LogP contribution in [0.15, 0.2) is 0 Å². The van der Waals surface area contributed by atoms with Gasteiger partial charge in [0.15, 0.2) is 0 Å². The fourth-order valence-electron chi connectivity index (χ4n) is 2.49. The molecule has 20 heavy (non-hydrogen) atoms. The Labute approximate surface area is 125 Å². The van der Waals surface area contributed by atoms with Crippen LogP contribution in [0.3, 0.4) is 0 Å². The second-order valence-corrected chi connectivity index (χ2v) is 6.50. The van der Waals surface area contributed by atoms with Crippen LogP contribution in [0.4, 0.5) is 0 Å². The Kier molecular flexibility index (Phi) is 8.18. The molecule has 1 fully saturated rings. The molecule has 1 N–H and O–H groups in total. The largest absolute Gasteiger partial charge is 0.379 e. The van der Waals surface area contributed by atoms with Gasteiger partial charge in [-0.1, -0.05) is 32.6 Å². The van der Waals surface area contributed by atoms with Crippen molar-refractivity contribution in [2.75, 3.05) is 6.61 Å². The lowest BCUT2D eigenvalue weighted by Gasteiger charge is -2.23. The van der Waals surface area contributed by atoms with Crippen LogP contribution < -0.4 is 5.32 Å². The number of ether oxygens (including phenoxy) is 1. The molecule has 0 radical (unpaired) electrons. The first-order valence-electron chi connectivity index (χ1n) is 8.40. The van der Waals surface area contributed by atoms with E-state index >= 15 is 0 Å². The zero-order chi connectivity index (χ0) is 14.8. The molecule has 0 saturated heterocycles. The van der Waals surface area contributed by atoms with E-state index in [1.165, 1.54) is 38.5 Å². The molecule has 3 nitrogen and oxygen atoms in total. The van der Waals surface area contributed by atoms with E-state index in [0.29, 0.717) is 12.1 Å². The number of nitrogens with one attached hydrogen (secondary N) is 1. The summed E-state index contributed by atoms with van der Waals surface area (Å²) in [6, 6.07) is 3.00. The summed E-state index contributed by atoms with van der Waals surface area (Å²) < 4.78 is 5.85. The first-order chi connectivity index (χ1) is 9.59. The molecule has 0 aromatic carbocycles. The molecule has 0 bridgehead atoms. The quantitative estimate of drug-likeness (QED) is 0.546. The summed E-state index contributed by atoms with van der Waals surface area (Å²) in [5.41, 5.74) is -0.366. The highest BCUT2D eigenvalue weighted by Crippen LogP contribution is 2.24. The highest BCUT2D eigenvalue weighted by molar-refractivity contribution is 5.06. The van der Waals surface area contributed by atoms with Gasteiger partial charge in [0, 0.05) is 12.6 Å². The summed E-state index contributed by atoms with van der Waals surface area (Å²) >= 11 is 0. The third-order valence-electron chi connectivity index (χ3n) is 4.03. The fourth-order valence-corrected chi connectivity index (χ4v) is 2.49. The molecule has 3 heteroatoms. The van der Waals surface area contributed by atoms with E-state index in [1.807, 2.05) is 6.92 Å². The normalized spacial score (nSPS) is 19.3. The van der Waals surface area contributed by atoms with Gasteiger partial charge in [0.05, 0.1) is 12.2 Å². The predicted octanol–water partition coefficient (Wildman–Crippen LogP) is 4.18. The molecule has 0 amide bonds. The van der Waals surface area contributed by atoms with Crippen LogP contribution in [0.5, 0.6) is 0 Å². The Balaban J connectivity index is 2.03. The van der Waals surface area contributed by atoms with E-state index in [4.69, 9.17) is 4.74 Å². The third kappa shape index (κ3) is 7.87. The summed E-state index contributed by atoms with van der Waals surface area (Å²) in [7, 11) is 0. The van der Waals surface area contributed by atoms with Crippen molar-refractivity contribution in [3.8, 4) is 6.07 Å². The summed E-state index contributed by atoms with van der Waals surface area (Å²) in [5.74, 6) is 0. The van der Waals surface area contributed by atoms with E-state index in [9.17, 15) is 5.26 Å². The molecule has 1 aliphatic rings. The molecule has 1 rings (SSSR count). The molecule has 116 valence electrons. The van der Waals surface area contributed by atoms with Crippen LogP contribution >= 0.6 is 0 Å². The maximum atomic E-state index is 9.28. The minimum absolute atomic E-state index is 0.358. The summed E-state index contributed by atoms with van der Waals surface area (Å²) in [6.07, 6.45) is 11.0. The van der Waals surface area contributed by atoms with Gasteiger partial charge in [0.2, 0.25) is 0 Å². The number of unbranched alkanes of at least 4 members (excludes halogenated alkanes) is 3. The van der Waals surface area contributed by atoms with Gasteiger partial charge in [-0.25, -0.2) is 0 Å². The topological polar surface area (TPSA) is 45.0 Å². The van der Waals surface area contributed by atoms with Crippen LogP contribution in [0.1, 0.15) is 78.6 Å². The van der Waals surface area contributed by atoms with Gasteiger partial charge in [-0.3, -0.25) is 5.32 Å². The Bertz CT molecular complexity index is 296. The van der Waals surface area contributed by atoms with Crippen molar-refractivity contribution in [1.82, 2.24) is 5.32 Å². The number of nitriles is 1. The van der Waals surface area contributed by atoms with Crippen LogP contribution in [0.25, 0.3) is 0 Å². The molecule has 2 atom stereocenters. The molecule has 0 spiro atoms. The molecule has 1 aliphatic carbocycles. The van der Waals surface area contributed by atoms with E-state index in [-0.39, 0.29) is 5.54 Å². The van der Waals surface area contributed by atoms with Gasteiger partial charge in [-0.15, -0.1) is 0 Å². The van der Waals surface area contributed by atoms with Crippen LogP contribution in [0.2, 0.25) is 0 Å². The minimum Gasteiger partial charge on any atom is -0.379 e. The van der Waals surface area contributed by atoms with Crippen molar-refractivity contribution in [3.05, 3.63) is 0 Å². The Morgan fingerprint density at radius 1 is 1.30 bits per heavy atom. The van der Waals surface area contributed by atoms with Crippen LogP contribution in [-0.4, -0.2) is 24.3 Å². The van der Waals surface area contributed by atoms with Crippen LogP contribution in [-0.2, 0) is 4.74 Å². The van der Waals surface area contributed by atoms with Gasteiger partial charge >= 0.3 is 0 Å². The van der Waals surface area contributed by atoms with Crippen molar-refractivity contribution >= 4 is 0 Å². The molecule has 0 aromatic rings. The monoisotopic (exact) mass is 280 g/mol. The lowest BCUT2D eigenvalue weighted by atomic mass is 9.98. The van der Waals surface area contributed by atoms with Crippen molar-refractivity contribution in [2.45, 2.75) is 96.2 Å². The maximum absolute atomic E-state index is 9.28. The third-order valence-corrected chi connectivity index (χ3v) is 4.03. The highest BCUT2D eigenvalue weighted by atomic mass is 16.5. The second-order valence-electron chi connectivity index (χ2n) is 6.50. The number of hydrogen-bond acceptors (Lipinski definition) is 3. The van der Waals surface area contributed by atoms with Gasteiger partial charge in [-0.05, 0) is 46.0 Å². The van der Waals surface area contributed by atoms with Crippen LogP contribution in [0, 0.1) is 11.3 Å². The zero-order valence-corrected chi connectivity index (χ0v) is 13.6. The van der Waals surface area contributed by atoms with E-state index in [1.54, 1.807) is 0 Å². The van der Waals surface area contributed by atoms with Crippen molar-refractivity contribution < 1.29 is 4.74 Å². The smallest absolute Gasteiger partial charge is 0.104 e. The predicted molar refractivity (Wildman–Crippen MR) is 83.6 cm³/mol. The number of rotatable bonds is 12.